The molecule has 0 spiro atoms. The summed E-state index contributed by atoms with van der Waals surface area (Å²) in [5.41, 5.74) is 2.32. The molecule has 6 nitrogen and oxygen atoms in total. The summed E-state index contributed by atoms with van der Waals surface area (Å²) in [6.07, 6.45) is 0. The summed E-state index contributed by atoms with van der Waals surface area (Å²) in [7, 11) is 1.62. The van der Waals surface area contributed by atoms with Crippen LogP contribution in [0.3, 0.4) is 0 Å². The number of halogens is 1. The maximum Gasteiger partial charge on any atom is 0.254 e. The van der Waals surface area contributed by atoms with E-state index in [1.807, 2.05) is 46.7 Å². The molecule has 1 aromatic heterocycles. The lowest BCUT2D eigenvalue weighted by Gasteiger charge is -2.44. The molecule has 1 fully saturated rings. The Labute approximate surface area is 208 Å². The number of amides is 2. The summed E-state index contributed by atoms with van der Waals surface area (Å²) in [5.74, 6) is -0.784. The van der Waals surface area contributed by atoms with Crippen molar-refractivity contribution < 1.29 is 18.7 Å². The Morgan fingerprint density at radius 3 is 2.46 bits per heavy atom. The van der Waals surface area contributed by atoms with Gasteiger partial charge in [0.25, 0.3) is 5.91 Å². The third-order valence-electron chi connectivity index (χ3n) is 6.86. The molecule has 0 saturated carbocycles. The molecule has 182 valence electrons. The number of methoxy groups -OCH3 is 1. The molecule has 3 aromatic rings. The molecule has 5 rings (SSSR count). The van der Waals surface area contributed by atoms with E-state index in [2.05, 4.69) is 4.90 Å². The van der Waals surface area contributed by atoms with Gasteiger partial charge in [-0.1, -0.05) is 24.3 Å². The van der Waals surface area contributed by atoms with Crippen LogP contribution in [-0.4, -0.2) is 68.1 Å². The fourth-order valence-corrected chi connectivity index (χ4v) is 5.98. The molecule has 2 atom stereocenters. The Hall–Kier alpha value is -3.23. The van der Waals surface area contributed by atoms with Gasteiger partial charge in [0.15, 0.2) is 0 Å². The number of hydrogen-bond acceptors (Lipinski definition) is 5. The number of fused-ring (bicyclic) bond motifs is 1. The summed E-state index contributed by atoms with van der Waals surface area (Å²) < 4.78 is 18.6. The van der Waals surface area contributed by atoms with Gasteiger partial charge in [0, 0.05) is 56.0 Å². The van der Waals surface area contributed by atoms with Crippen molar-refractivity contribution >= 4 is 28.8 Å². The Balaban J connectivity index is 1.45. The average molecular weight is 494 g/mol. The maximum absolute atomic E-state index is 14.1. The van der Waals surface area contributed by atoms with Gasteiger partial charge in [-0.25, -0.2) is 4.39 Å². The summed E-state index contributed by atoms with van der Waals surface area (Å²) in [6, 6.07) is 17.5. The molecular weight excluding hydrogens is 465 g/mol. The molecule has 2 aromatic carbocycles. The smallest absolute Gasteiger partial charge is 0.254 e. The third kappa shape index (κ3) is 4.56. The Morgan fingerprint density at radius 2 is 1.77 bits per heavy atom. The van der Waals surface area contributed by atoms with E-state index in [4.69, 9.17) is 4.74 Å². The van der Waals surface area contributed by atoms with Crippen molar-refractivity contribution in [1.29, 1.82) is 0 Å². The van der Waals surface area contributed by atoms with Gasteiger partial charge in [-0.2, -0.15) is 0 Å². The highest BCUT2D eigenvalue weighted by Gasteiger charge is 2.46. The quantitative estimate of drug-likeness (QED) is 0.518. The average Bonchev–Trinajstić information content (AvgIpc) is 3.43. The first-order chi connectivity index (χ1) is 17.1. The number of benzene rings is 2. The molecule has 2 amide bonds. The van der Waals surface area contributed by atoms with E-state index in [-0.39, 0.29) is 23.7 Å². The zero-order valence-corrected chi connectivity index (χ0v) is 20.4. The van der Waals surface area contributed by atoms with Crippen LogP contribution in [-0.2, 0) is 9.53 Å². The van der Waals surface area contributed by atoms with Crippen LogP contribution in [0.25, 0.3) is 0 Å². The van der Waals surface area contributed by atoms with Crippen LogP contribution in [0.4, 0.5) is 10.1 Å². The van der Waals surface area contributed by atoms with Gasteiger partial charge in [-0.3, -0.25) is 9.59 Å². The van der Waals surface area contributed by atoms with Crippen LogP contribution < -0.4 is 4.90 Å². The van der Waals surface area contributed by atoms with E-state index >= 15 is 0 Å². The van der Waals surface area contributed by atoms with E-state index in [0.29, 0.717) is 44.9 Å². The summed E-state index contributed by atoms with van der Waals surface area (Å²) >= 11 is 1.57. The normalized spacial score (nSPS) is 20.2. The van der Waals surface area contributed by atoms with Crippen molar-refractivity contribution in [3.63, 3.8) is 0 Å². The predicted molar refractivity (Wildman–Crippen MR) is 134 cm³/mol. The highest BCUT2D eigenvalue weighted by atomic mass is 32.1. The highest BCUT2D eigenvalue weighted by molar-refractivity contribution is 7.10. The third-order valence-corrected chi connectivity index (χ3v) is 7.80. The zero-order chi connectivity index (χ0) is 24.4. The summed E-state index contributed by atoms with van der Waals surface area (Å²) in [4.78, 5) is 34.5. The minimum atomic E-state index is -0.489. The van der Waals surface area contributed by atoms with Crippen LogP contribution in [0.2, 0.25) is 0 Å². The lowest BCUT2D eigenvalue weighted by atomic mass is 9.81. The first kappa shape index (κ1) is 23.5. The van der Waals surface area contributed by atoms with Gasteiger partial charge in [-0.05, 0) is 47.3 Å². The molecule has 2 unspecified atom stereocenters. The molecule has 0 N–H and O–H groups in total. The second kappa shape index (κ2) is 10.2. The highest BCUT2D eigenvalue weighted by Crippen LogP contribution is 2.45. The summed E-state index contributed by atoms with van der Waals surface area (Å²) in [5, 5.41) is 1.98. The minimum absolute atomic E-state index is 0.0320. The Kier molecular flexibility index (Phi) is 6.83. The molecule has 0 aliphatic carbocycles. The number of piperazine rings is 1. The number of carbonyl (C=O) groups is 2. The van der Waals surface area contributed by atoms with E-state index in [9.17, 15) is 14.0 Å². The van der Waals surface area contributed by atoms with Gasteiger partial charge < -0.3 is 19.4 Å². The Bertz CT molecular complexity index is 1180. The van der Waals surface area contributed by atoms with E-state index in [1.54, 1.807) is 35.5 Å². The zero-order valence-electron chi connectivity index (χ0n) is 19.6. The second-order valence-electron chi connectivity index (χ2n) is 8.81. The molecule has 3 heterocycles. The van der Waals surface area contributed by atoms with Crippen molar-refractivity contribution in [3.8, 4) is 0 Å². The lowest BCUT2D eigenvalue weighted by Crippen LogP contribution is -2.53. The van der Waals surface area contributed by atoms with Gasteiger partial charge in [-0.15, -0.1) is 11.3 Å². The topological polar surface area (TPSA) is 53.1 Å². The minimum Gasteiger partial charge on any atom is -0.383 e. The molecule has 0 radical (unpaired) electrons. The number of thiophene rings is 1. The van der Waals surface area contributed by atoms with Crippen LogP contribution >= 0.6 is 11.3 Å². The molecule has 35 heavy (non-hydrogen) atoms. The summed E-state index contributed by atoms with van der Waals surface area (Å²) in [6.45, 7) is 3.28. The molecule has 8 heteroatoms. The number of anilines is 1. The first-order valence-corrected chi connectivity index (χ1v) is 12.7. The monoisotopic (exact) mass is 493 g/mol. The van der Waals surface area contributed by atoms with Crippen molar-refractivity contribution in [3.05, 3.63) is 87.9 Å². The second-order valence-corrected chi connectivity index (χ2v) is 9.78. The van der Waals surface area contributed by atoms with Crippen LogP contribution in [0, 0.1) is 5.82 Å². The first-order valence-electron chi connectivity index (χ1n) is 11.8. The van der Waals surface area contributed by atoms with Gasteiger partial charge in [0.2, 0.25) is 5.91 Å². The van der Waals surface area contributed by atoms with E-state index < -0.39 is 5.92 Å². The SMILES string of the molecule is COCCN1C(=O)c2ccccc2C(C(=O)N2CCN(c3ccc(F)cc3)CC2)C1c1cccs1. The number of rotatable bonds is 6. The van der Waals surface area contributed by atoms with Crippen molar-refractivity contribution in [2.45, 2.75) is 12.0 Å². The van der Waals surface area contributed by atoms with Crippen molar-refractivity contribution in [2.24, 2.45) is 0 Å². The van der Waals surface area contributed by atoms with Gasteiger partial charge in [0.1, 0.15) is 5.82 Å². The van der Waals surface area contributed by atoms with Crippen LogP contribution in [0.1, 0.15) is 32.8 Å². The maximum atomic E-state index is 14.1. The number of hydrogen-bond donors (Lipinski definition) is 0. The van der Waals surface area contributed by atoms with Gasteiger partial charge in [0.05, 0.1) is 18.6 Å². The molecule has 2 aliphatic heterocycles. The van der Waals surface area contributed by atoms with Crippen molar-refractivity contribution in [1.82, 2.24) is 9.80 Å². The lowest BCUT2D eigenvalue weighted by molar-refractivity contribution is -0.135. The molecule has 2 aliphatic rings. The van der Waals surface area contributed by atoms with Crippen molar-refractivity contribution in [2.75, 3.05) is 51.3 Å². The Morgan fingerprint density at radius 1 is 1.03 bits per heavy atom. The predicted octanol–water partition coefficient (Wildman–Crippen LogP) is 4.16. The van der Waals surface area contributed by atoms with Crippen LogP contribution in [0.5, 0.6) is 0 Å². The number of ether oxygens (including phenoxy) is 1. The van der Waals surface area contributed by atoms with E-state index in [1.165, 1.54) is 12.1 Å². The number of carbonyl (C=O) groups excluding carboxylic acids is 2. The van der Waals surface area contributed by atoms with E-state index in [0.717, 1.165) is 16.1 Å². The fourth-order valence-electron chi connectivity index (χ4n) is 5.10. The molecular formula is C27H28FN3O3S. The van der Waals surface area contributed by atoms with Gasteiger partial charge >= 0.3 is 0 Å². The largest absolute Gasteiger partial charge is 0.383 e. The fraction of sp³-hybridized carbons (Fsp3) is 0.333. The van der Waals surface area contributed by atoms with Crippen LogP contribution in [0.15, 0.2) is 66.0 Å². The standard InChI is InChI=1S/C27H28FN3O3S/c1-34-17-16-31-25(23-7-4-18-35-23)24(21-5-2-3-6-22(21)26(31)32)27(33)30-14-12-29(13-15-30)20-10-8-19(28)9-11-20/h2-11,18,24-25H,12-17H2,1H3. The number of nitrogens with zero attached hydrogens (tertiary/aromatic N) is 3. The molecule has 0 bridgehead atoms. The molecule has 1 saturated heterocycles.